The van der Waals surface area contributed by atoms with E-state index < -0.39 is 16.1 Å². The van der Waals surface area contributed by atoms with Gasteiger partial charge in [-0.1, -0.05) is 400 Å². The molecule has 0 spiro atoms. The molecule has 0 saturated heterocycles. The molecule has 2 nitrogen and oxygen atoms in total. The molecule has 124 heavy (non-hydrogen) atoms. The molecule has 0 bridgehead atoms. The third-order valence-electron chi connectivity index (χ3n) is 24.7. The van der Waals surface area contributed by atoms with Crippen LogP contribution in [0.2, 0.25) is 0 Å². The zero-order chi connectivity index (χ0) is 82.6. The highest BCUT2D eigenvalue weighted by atomic mass is 32.1. The summed E-state index contributed by atoms with van der Waals surface area (Å²) in [5.41, 5.74) is 18.9. The Morgan fingerprint density at radius 1 is 0.145 bits per heavy atom. The van der Waals surface area contributed by atoms with Gasteiger partial charge >= 0.3 is 0 Å². The van der Waals surface area contributed by atoms with Gasteiger partial charge in [0.05, 0.1) is 0 Å². The smallest absolute Gasteiger partial charge is 0.179 e. The number of anilines is 6. The Kier molecular flexibility index (Phi) is 21.0. The molecule has 0 atom stereocenters. The molecule has 0 aliphatic rings. The van der Waals surface area contributed by atoms with Crippen LogP contribution in [0.4, 0.5) is 34.1 Å². The summed E-state index contributed by atoms with van der Waals surface area (Å²) in [5.74, 6) is 0. The second kappa shape index (κ2) is 34.0. The lowest BCUT2D eigenvalue weighted by atomic mass is 9.98. The first-order chi connectivity index (χ1) is 61.5. The Morgan fingerprint density at radius 3 is 0.710 bits per heavy atom. The maximum atomic E-state index is 2.43. The fourth-order valence-electron chi connectivity index (χ4n) is 18.7. The van der Waals surface area contributed by atoms with Crippen molar-refractivity contribution in [1.29, 1.82) is 0 Å². The van der Waals surface area contributed by atoms with Crippen LogP contribution in [0.15, 0.2) is 510 Å². The van der Waals surface area contributed by atoms with Crippen LogP contribution in [-0.4, -0.2) is 16.1 Å². The Balaban J connectivity index is 0.000000152. The molecule has 0 saturated carbocycles. The summed E-state index contributed by atoms with van der Waals surface area (Å²) in [4.78, 5) is 4.85. The largest absolute Gasteiger partial charge is 0.310 e. The van der Waals surface area contributed by atoms with E-state index in [2.05, 4.69) is 519 Å². The Labute approximate surface area is 734 Å². The van der Waals surface area contributed by atoms with Gasteiger partial charge < -0.3 is 9.80 Å². The first-order valence-electron chi connectivity index (χ1n) is 42.5. The normalized spacial score (nSPS) is 11.5. The number of nitrogens with zero attached hydrogens (tertiary/aromatic N) is 2. The van der Waals surface area contributed by atoms with Gasteiger partial charge in [0, 0.05) is 74.5 Å². The summed E-state index contributed by atoms with van der Waals surface area (Å²) in [5, 5.41) is 18.5. The molecule has 0 N–H and O–H groups in total. The van der Waals surface area contributed by atoms with Crippen molar-refractivity contribution >= 4 is 166 Å². The third kappa shape index (κ3) is 14.5. The van der Waals surface area contributed by atoms with Gasteiger partial charge in [0.15, 0.2) is 16.1 Å². The third-order valence-corrected chi connectivity index (χ3v) is 36.6. The molecular formula is C118H84N2S2Si2. The van der Waals surface area contributed by atoms with Crippen molar-refractivity contribution in [2.75, 3.05) is 9.80 Å². The highest BCUT2D eigenvalue weighted by molar-refractivity contribution is 7.26. The summed E-state index contributed by atoms with van der Waals surface area (Å²) in [6.07, 6.45) is 0. The van der Waals surface area contributed by atoms with E-state index in [0.717, 1.165) is 34.1 Å². The average molecular weight is 1650 g/mol. The molecule has 0 aliphatic heterocycles. The van der Waals surface area contributed by atoms with E-state index in [-0.39, 0.29) is 0 Å². The number of hydrogen-bond donors (Lipinski definition) is 0. The van der Waals surface area contributed by atoms with Gasteiger partial charge in [-0.3, -0.25) is 0 Å². The van der Waals surface area contributed by atoms with E-state index in [1.54, 1.807) is 0 Å². The fourth-order valence-corrected chi connectivity index (χ4v) is 30.4. The van der Waals surface area contributed by atoms with E-state index in [0.29, 0.717) is 0 Å². The standard InChI is InChI=1S/C60H43NSSi.C58H41NSSi/c1-6-16-44(17-7-1)46-26-28-47(29-27-46)48-30-33-50(34-31-48)61(52-37-41-60-58(43-52)57-42-49(32-40-59(57)62-60)45-18-8-2-9-19-45)51-35-38-56(39-36-51)63(53-20-10-3-11-21-53,54-22-12-4-13-23-54)55-24-14-5-15-25-55;1-5-16-42(17-6-1)45-30-38-57-55(40-45)56-41-48(35-39-58(56)60-57)59(46-31-28-44(29-32-46)54-27-15-19-43-18-13-14-26-53(43)54)47-33-36-52(37-34-47)61(49-20-7-2-8-21-49,50-22-9-3-10-23-50)51-24-11-4-12-25-51/h1-43H;1-41H. The van der Waals surface area contributed by atoms with E-state index >= 15 is 0 Å². The Hall–Kier alpha value is -14.9. The Morgan fingerprint density at radius 2 is 0.371 bits per heavy atom. The summed E-state index contributed by atoms with van der Waals surface area (Å²) in [6, 6.07) is 188. The molecule has 22 aromatic rings. The van der Waals surface area contributed by atoms with Crippen LogP contribution < -0.4 is 51.3 Å². The van der Waals surface area contributed by atoms with Crippen molar-refractivity contribution < 1.29 is 0 Å². The molecule has 6 heteroatoms. The minimum Gasteiger partial charge on any atom is -0.310 e. The second-order valence-corrected chi connectivity index (χ2v) is 41.5. The zero-order valence-corrected chi connectivity index (χ0v) is 71.8. The maximum absolute atomic E-state index is 2.70. The van der Waals surface area contributed by atoms with Gasteiger partial charge in [-0.2, -0.15) is 0 Å². The minimum atomic E-state index is -2.70. The molecule has 0 aliphatic carbocycles. The number of hydrogen-bond acceptors (Lipinski definition) is 4. The van der Waals surface area contributed by atoms with Gasteiger partial charge in [-0.25, -0.2) is 0 Å². The molecular weight excluding hydrogens is 1570 g/mol. The van der Waals surface area contributed by atoms with Crippen LogP contribution in [0.25, 0.3) is 107 Å². The topological polar surface area (TPSA) is 6.48 Å². The quantitative estimate of drug-likeness (QED) is 0.0588. The first kappa shape index (κ1) is 76.5. The first-order valence-corrected chi connectivity index (χ1v) is 48.1. The number of thiophene rings is 2. The van der Waals surface area contributed by atoms with Gasteiger partial charge in [-0.05, 0) is 217 Å². The number of fused-ring (bicyclic) bond motifs is 7. The lowest BCUT2D eigenvalue weighted by Crippen LogP contribution is -2.74. The summed E-state index contributed by atoms with van der Waals surface area (Å²) in [6.45, 7) is 0. The SMILES string of the molecule is c1ccc(-c2ccc(-c3ccc(N(c4ccc([Si](c5ccccc5)(c5ccccc5)c5ccccc5)cc4)c4ccc5sc6ccc(-c7ccccc7)cc6c5c4)cc3)cc2)cc1.c1ccc(-c2ccc3sc4ccc(N(c5ccc(-c6cccc7ccccc67)cc5)c5ccc([Si](c6ccccc6)(c6ccccc6)c6ccccc6)cc5)cc4c3c2)cc1. The van der Waals surface area contributed by atoms with Crippen LogP contribution in [0, 0.1) is 0 Å². The van der Waals surface area contributed by atoms with Crippen molar-refractivity contribution in [3.63, 3.8) is 0 Å². The van der Waals surface area contributed by atoms with Crippen LogP contribution in [0.1, 0.15) is 0 Å². The fraction of sp³-hybridized carbons (Fsp3) is 0. The Bertz CT molecular complexity index is 7250. The minimum absolute atomic E-state index is 1.11. The van der Waals surface area contributed by atoms with E-state index in [9.17, 15) is 0 Å². The van der Waals surface area contributed by atoms with Gasteiger partial charge in [0.1, 0.15) is 0 Å². The predicted molar refractivity (Wildman–Crippen MR) is 540 cm³/mol. The molecule has 0 unspecified atom stereocenters. The lowest BCUT2D eigenvalue weighted by Gasteiger charge is -2.35. The van der Waals surface area contributed by atoms with E-state index in [1.165, 1.54) is 148 Å². The van der Waals surface area contributed by atoms with Gasteiger partial charge in [0.2, 0.25) is 0 Å². The molecule has 586 valence electrons. The second-order valence-electron chi connectivity index (χ2n) is 31.7. The van der Waals surface area contributed by atoms with E-state index in [4.69, 9.17) is 0 Å². The predicted octanol–water partition coefficient (Wildman–Crippen LogP) is 27.3. The van der Waals surface area contributed by atoms with Crippen molar-refractivity contribution in [2.24, 2.45) is 0 Å². The van der Waals surface area contributed by atoms with Crippen molar-refractivity contribution in [3.8, 4) is 55.6 Å². The molecule has 2 heterocycles. The van der Waals surface area contributed by atoms with Crippen molar-refractivity contribution in [3.05, 3.63) is 510 Å². The average Bonchev–Trinajstić information content (AvgIpc) is 1.02. The summed E-state index contributed by atoms with van der Waals surface area (Å²) in [7, 11) is -5.39. The number of benzene rings is 20. The molecule has 0 radical (unpaired) electrons. The van der Waals surface area contributed by atoms with Crippen molar-refractivity contribution in [2.45, 2.75) is 0 Å². The van der Waals surface area contributed by atoms with E-state index in [1.807, 2.05) is 22.7 Å². The molecule has 20 aromatic carbocycles. The van der Waals surface area contributed by atoms with Gasteiger partial charge in [0.25, 0.3) is 0 Å². The van der Waals surface area contributed by atoms with Crippen LogP contribution >= 0.6 is 22.7 Å². The maximum Gasteiger partial charge on any atom is 0.179 e. The molecule has 22 rings (SSSR count). The highest BCUT2D eigenvalue weighted by Gasteiger charge is 2.43. The summed E-state index contributed by atoms with van der Waals surface area (Å²) >= 11 is 3.72. The number of rotatable bonds is 19. The molecule has 0 amide bonds. The van der Waals surface area contributed by atoms with Crippen LogP contribution in [0.3, 0.4) is 0 Å². The summed E-state index contributed by atoms with van der Waals surface area (Å²) < 4.78 is 5.17. The zero-order valence-electron chi connectivity index (χ0n) is 68.2. The highest BCUT2D eigenvalue weighted by Crippen LogP contribution is 2.45. The lowest BCUT2D eigenvalue weighted by molar-refractivity contribution is 1.29. The van der Waals surface area contributed by atoms with Gasteiger partial charge in [-0.15, -0.1) is 22.7 Å². The van der Waals surface area contributed by atoms with Crippen LogP contribution in [-0.2, 0) is 0 Å². The monoisotopic (exact) mass is 1650 g/mol. The molecule has 0 fully saturated rings. The molecule has 2 aromatic heterocycles. The van der Waals surface area contributed by atoms with Crippen molar-refractivity contribution in [1.82, 2.24) is 0 Å². The van der Waals surface area contributed by atoms with Crippen LogP contribution in [0.5, 0.6) is 0 Å².